The molecule has 1 aliphatic heterocycles. The van der Waals surface area contributed by atoms with Crippen molar-refractivity contribution in [2.75, 3.05) is 26.7 Å². The summed E-state index contributed by atoms with van der Waals surface area (Å²) in [7, 11) is 2.18. The Hall–Kier alpha value is -1.68. The zero-order chi connectivity index (χ0) is 17.7. The normalized spacial score (nSPS) is 18.2. The first-order valence-electron chi connectivity index (χ1n) is 9.36. The molecular weight excluding hydrogens is 308 g/mol. The first kappa shape index (κ1) is 18.1. The van der Waals surface area contributed by atoms with Crippen molar-refractivity contribution in [3.8, 4) is 0 Å². The van der Waals surface area contributed by atoms with Gasteiger partial charge in [-0.15, -0.1) is 0 Å². The molecular formula is C22H30N2O. The van der Waals surface area contributed by atoms with Gasteiger partial charge in [0, 0.05) is 18.5 Å². The molecule has 1 atom stereocenters. The Labute approximate surface area is 151 Å². The van der Waals surface area contributed by atoms with Gasteiger partial charge in [0.05, 0.1) is 0 Å². The van der Waals surface area contributed by atoms with Crippen LogP contribution in [0, 0.1) is 5.92 Å². The van der Waals surface area contributed by atoms with Crippen LogP contribution in [-0.2, 0) is 5.60 Å². The number of piperidine rings is 1. The van der Waals surface area contributed by atoms with E-state index in [9.17, 15) is 5.11 Å². The van der Waals surface area contributed by atoms with Crippen molar-refractivity contribution in [3.63, 3.8) is 0 Å². The summed E-state index contributed by atoms with van der Waals surface area (Å²) in [4.78, 5) is 2.38. The van der Waals surface area contributed by atoms with E-state index in [0.717, 1.165) is 30.8 Å². The van der Waals surface area contributed by atoms with Crippen molar-refractivity contribution >= 4 is 0 Å². The summed E-state index contributed by atoms with van der Waals surface area (Å²) in [5.74, 6) is 0.0666. The van der Waals surface area contributed by atoms with E-state index in [2.05, 4.69) is 24.2 Å². The van der Waals surface area contributed by atoms with Gasteiger partial charge in [-0.3, -0.25) is 0 Å². The topological polar surface area (TPSA) is 35.5 Å². The van der Waals surface area contributed by atoms with Crippen molar-refractivity contribution in [3.05, 3.63) is 71.8 Å². The van der Waals surface area contributed by atoms with E-state index in [-0.39, 0.29) is 5.92 Å². The van der Waals surface area contributed by atoms with Crippen LogP contribution in [0.2, 0.25) is 0 Å². The number of hydrogen-bond acceptors (Lipinski definition) is 3. The van der Waals surface area contributed by atoms with Gasteiger partial charge in [-0.1, -0.05) is 67.6 Å². The minimum Gasteiger partial charge on any atom is -0.380 e. The molecule has 1 fully saturated rings. The lowest BCUT2D eigenvalue weighted by Crippen LogP contribution is -2.46. The monoisotopic (exact) mass is 338 g/mol. The number of benzene rings is 2. The van der Waals surface area contributed by atoms with Crippen molar-refractivity contribution < 1.29 is 5.11 Å². The third-order valence-electron chi connectivity index (χ3n) is 5.57. The molecule has 2 aromatic rings. The fraction of sp³-hybridized carbons (Fsp3) is 0.455. The van der Waals surface area contributed by atoms with E-state index in [0.29, 0.717) is 6.04 Å². The molecule has 3 nitrogen and oxygen atoms in total. The molecule has 25 heavy (non-hydrogen) atoms. The summed E-state index contributed by atoms with van der Waals surface area (Å²) in [6.45, 7) is 5.23. The molecule has 0 radical (unpaired) electrons. The molecule has 3 heteroatoms. The summed E-state index contributed by atoms with van der Waals surface area (Å²) in [5, 5.41) is 15.4. The maximum Gasteiger partial charge on any atom is 0.118 e. The molecule has 3 rings (SSSR count). The van der Waals surface area contributed by atoms with Gasteiger partial charge in [0.25, 0.3) is 0 Å². The fourth-order valence-electron chi connectivity index (χ4n) is 3.82. The van der Waals surface area contributed by atoms with Crippen molar-refractivity contribution in [2.24, 2.45) is 5.92 Å². The van der Waals surface area contributed by atoms with Gasteiger partial charge in [0.2, 0.25) is 0 Å². The number of nitrogens with zero attached hydrogens (tertiary/aromatic N) is 1. The number of rotatable bonds is 6. The summed E-state index contributed by atoms with van der Waals surface area (Å²) < 4.78 is 0. The van der Waals surface area contributed by atoms with Crippen LogP contribution < -0.4 is 5.32 Å². The molecule has 2 aromatic carbocycles. The Bertz CT molecular complexity index is 596. The van der Waals surface area contributed by atoms with Gasteiger partial charge in [-0.05, 0) is 44.1 Å². The van der Waals surface area contributed by atoms with E-state index in [1.807, 2.05) is 60.7 Å². The van der Waals surface area contributed by atoms with Gasteiger partial charge in [-0.25, -0.2) is 0 Å². The van der Waals surface area contributed by atoms with E-state index in [1.165, 1.54) is 12.8 Å². The maximum atomic E-state index is 11.7. The van der Waals surface area contributed by atoms with Crippen LogP contribution in [0.15, 0.2) is 60.7 Å². The Morgan fingerprint density at radius 2 is 1.48 bits per heavy atom. The van der Waals surface area contributed by atoms with Gasteiger partial charge in [0.1, 0.15) is 5.60 Å². The lowest BCUT2D eigenvalue weighted by Gasteiger charge is -2.37. The molecule has 0 bridgehead atoms. The Morgan fingerprint density at radius 1 is 1.00 bits per heavy atom. The van der Waals surface area contributed by atoms with Gasteiger partial charge < -0.3 is 15.3 Å². The summed E-state index contributed by atoms with van der Waals surface area (Å²) in [5.41, 5.74) is 0.929. The quantitative estimate of drug-likeness (QED) is 0.849. The molecule has 0 amide bonds. The largest absolute Gasteiger partial charge is 0.380 e. The second kappa shape index (κ2) is 8.13. The highest BCUT2D eigenvalue weighted by atomic mass is 16.3. The molecule has 1 unspecified atom stereocenters. The van der Waals surface area contributed by atoms with Gasteiger partial charge in [-0.2, -0.15) is 0 Å². The molecule has 134 valence electrons. The summed E-state index contributed by atoms with van der Waals surface area (Å²) >= 11 is 0. The SMILES string of the molecule is CC(CNC1CCN(C)CC1)C(O)(c1ccccc1)c1ccccc1. The first-order chi connectivity index (χ1) is 12.1. The number of nitrogens with one attached hydrogen (secondary N) is 1. The van der Waals surface area contributed by atoms with Crippen molar-refractivity contribution in [1.29, 1.82) is 0 Å². The number of likely N-dealkylation sites (tertiary alicyclic amines) is 1. The second-order valence-corrected chi connectivity index (χ2v) is 7.39. The summed E-state index contributed by atoms with van der Waals surface area (Å²) in [6, 6.07) is 20.7. The molecule has 0 saturated carbocycles. The van der Waals surface area contributed by atoms with E-state index in [1.54, 1.807) is 0 Å². The highest BCUT2D eigenvalue weighted by Gasteiger charge is 2.37. The third-order valence-corrected chi connectivity index (χ3v) is 5.57. The van der Waals surface area contributed by atoms with Gasteiger partial charge >= 0.3 is 0 Å². The molecule has 2 N–H and O–H groups in total. The third kappa shape index (κ3) is 4.12. The van der Waals surface area contributed by atoms with Crippen LogP contribution in [0.1, 0.15) is 30.9 Å². The average molecular weight is 338 g/mol. The van der Waals surface area contributed by atoms with Crippen LogP contribution in [-0.4, -0.2) is 42.7 Å². The average Bonchev–Trinajstić information content (AvgIpc) is 2.68. The second-order valence-electron chi connectivity index (χ2n) is 7.39. The van der Waals surface area contributed by atoms with Crippen molar-refractivity contribution in [1.82, 2.24) is 10.2 Å². The summed E-state index contributed by atoms with van der Waals surface area (Å²) in [6.07, 6.45) is 2.36. The van der Waals surface area contributed by atoms with Crippen LogP contribution in [0.5, 0.6) is 0 Å². The molecule has 0 aliphatic carbocycles. The van der Waals surface area contributed by atoms with E-state index in [4.69, 9.17) is 0 Å². The Kier molecular flexibility index (Phi) is 5.89. The Balaban J connectivity index is 1.77. The van der Waals surface area contributed by atoms with E-state index >= 15 is 0 Å². The lowest BCUT2D eigenvalue weighted by atomic mass is 9.76. The standard InChI is InChI=1S/C22H30N2O/c1-18(17-23-21-13-15-24(2)16-14-21)22(25,19-9-5-3-6-10-19)20-11-7-4-8-12-20/h3-12,18,21,23,25H,13-17H2,1-2H3. The van der Waals surface area contributed by atoms with Crippen LogP contribution in [0.4, 0.5) is 0 Å². The van der Waals surface area contributed by atoms with E-state index < -0.39 is 5.60 Å². The first-order valence-corrected chi connectivity index (χ1v) is 9.36. The zero-order valence-electron chi connectivity index (χ0n) is 15.4. The molecule has 0 aromatic heterocycles. The highest BCUT2D eigenvalue weighted by Crippen LogP contribution is 2.36. The zero-order valence-corrected chi connectivity index (χ0v) is 15.4. The molecule has 1 aliphatic rings. The minimum atomic E-state index is -0.985. The molecule has 1 saturated heterocycles. The number of hydrogen-bond donors (Lipinski definition) is 2. The van der Waals surface area contributed by atoms with Gasteiger partial charge in [0.15, 0.2) is 0 Å². The molecule has 0 spiro atoms. The molecule has 1 heterocycles. The lowest BCUT2D eigenvalue weighted by molar-refractivity contribution is 0.0221. The Morgan fingerprint density at radius 3 is 1.96 bits per heavy atom. The smallest absolute Gasteiger partial charge is 0.118 e. The van der Waals surface area contributed by atoms with Crippen molar-refractivity contribution in [2.45, 2.75) is 31.4 Å². The van der Waals surface area contributed by atoms with Crippen LogP contribution in [0.3, 0.4) is 0 Å². The van der Waals surface area contributed by atoms with Crippen LogP contribution in [0.25, 0.3) is 0 Å². The minimum absolute atomic E-state index is 0.0666. The predicted molar refractivity (Wildman–Crippen MR) is 104 cm³/mol. The maximum absolute atomic E-state index is 11.7. The fourth-order valence-corrected chi connectivity index (χ4v) is 3.82. The predicted octanol–water partition coefficient (Wildman–Crippen LogP) is 3.24. The highest BCUT2D eigenvalue weighted by molar-refractivity contribution is 5.36. The number of aliphatic hydroxyl groups is 1. The van der Waals surface area contributed by atoms with Crippen LogP contribution >= 0.6 is 0 Å².